The van der Waals surface area contributed by atoms with Crippen molar-refractivity contribution in [3.63, 3.8) is 0 Å². The van der Waals surface area contributed by atoms with Gasteiger partial charge in [-0.25, -0.2) is 0 Å². The van der Waals surface area contributed by atoms with Crippen molar-refractivity contribution in [2.45, 2.75) is 272 Å². The molecule has 2 unspecified atom stereocenters. The Bertz CT molecular complexity index is 896. The Morgan fingerprint density at radius 3 is 0.804 bits per heavy atom. The van der Waals surface area contributed by atoms with Crippen LogP contribution in [-0.2, 0) is 0 Å². The van der Waals surface area contributed by atoms with Gasteiger partial charge in [0, 0.05) is 0 Å². The lowest BCUT2D eigenvalue weighted by Gasteiger charge is -2.53. The summed E-state index contributed by atoms with van der Waals surface area (Å²) in [4.78, 5) is 0. The van der Waals surface area contributed by atoms with Gasteiger partial charge in [0.05, 0.1) is 0 Å². The monoisotopic (exact) mass is 715 g/mol. The van der Waals surface area contributed by atoms with Gasteiger partial charge in [0.2, 0.25) is 0 Å². The van der Waals surface area contributed by atoms with Crippen LogP contribution in [0.2, 0.25) is 0 Å². The van der Waals surface area contributed by atoms with E-state index in [1.165, 1.54) is 161 Å². The minimum atomic E-state index is 0. The van der Waals surface area contributed by atoms with Gasteiger partial charge in [0.25, 0.3) is 0 Å². The van der Waals surface area contributed by atoms with Crippen molar-refractivity contribution in [2.75, 3.05) is 0 Å². The molecular weight excluding hydrogens is 613 g/mol. The molecule has 0 N–H and O–H groups in total. The van der Waals surface area contributed by atoms with Gasteiger partial charge in [-0.2, -0.15) is 0 Å². The van der Waals surface area contributed by atoms with Crippen LogP contribution in [0, 0.1) is 55.2 Å². The Hall–Kier alpha value is 0. The fourth-order valence-corrected chi connectivity index (χ4v) is 11.8. The molecule has 7 aliphatic rings. The van der Waals surface area contributed by atoms with Gasteiger partial charge in [-0.05, 0) is 132 Å². The van der Waals surface area contributed by atoms with Gasteiger partial charge < -0.3 is 0 Å². The molecule has 0 aromatic carbocycles. The number of fused-ring (bicyclic) bond motifs is 2. The first kappa shape index (κ1) is 49.0. The molecule has 0 aromatic rings. The second-order valence-corrected chi connectivity index (χ2v) is 23.3. The molecule has 7 fully saturated rings. The molecule has 7 rings (SSSR count). The van der Waals surface area contributed by atoms with Gasteiger partial charge >= 0.3 is 0 Å². The van der Waals surface area contributed by atoms with Crippen LogP contribution in [0.4, 0.5) is 0 Å². The van der Waals surface area contributed by atoms with Gasteiger partial charge in [-0.3, -0.25) is 0 Å². The molecule has 7 aliphatic carbocycles. The first-order chi connectivity index (χ1) is 22.5. The zero-order chi connectivity index (χ0) is 36.8. The minimum Gasteiger partial charge on any atom is -0.0776 e. The molecule has 0 aliphatic heterocycles. The van der Waals surface area contributed by atoms with Crippen LogP contribution < -0.4 is 0 Å². The fraction of sp³-hybridized carbons (Fsp3) is 1.00. The van der Waals surface area contributed by atoms with Crippen molar-refractivity contribution >= 4 is 0 Å². The van der Waals surface area contributed by atoms with E-state index in [4.69, 9.17) is 0 Å². The zero-order valence-electron chi connectivity index (χ0n) is 36.8. The summed E-state index contributed by atoms with van der Waals surface area (Å²) in [6, 6.07) is 0. The van der Waals surface area contributed by atoms with Gasteiger partial charge in [-0.15, -0.1) is 0 Å². The molecule has 0 heteroatoms. The summed E-state index contributed by atoms with van der Waals surface area (Å²) < 4.78 is 0. The molecule has 0 bridgehead atoms. The zero-order valence-corrected chi connectivity index (χ0v) is 36.8. The molecular formula is C51H102. The average molecular weight is 715 g/mol. The molecule has 0 aromatic heterocycles. The maximum atomic E-state index is 2.55. The molecule has 0 radical (unpaired) electrons. The summed E-state index contributed by atoms with van der Waals surface area (Å²) in [5.41, 5.74) is 5.35. The third-order valence-corrected chi connectivity index (χ3v) is 18.6. The van der Waals surface area contributed by atoms with Crippen LogP contribution in [0.25, 0.3) is 0 Å². The van der Waals surface area contributed by atoms with Crippen LogP contribution in [0.3, 0.4) is 0 Å². The van der Waals surface area contributed by atoms with E-state index in [9.17, 15) is 0 Å². The molecule has 0 amide bonds. The van der Waals surface area contributed by atoms with Gasteiger partial charge in [0.15, 0.2) is 0 Å². The van der Waals surface area contributed by atoms with Crippen molar-refractivity contribution in [2.24, 2.45) is 55.2 Å². The summed E-state index contributed by atoms with van der Waals surface area (Å²) in [5, 5.41) is 0. The Morgan fingerprint density at radius 1 is 0.333 bits per heavy atom. The maximum Gasteiger partial charge on any atom is -0.0272 e. The highest BCUT2D eigenvalue weighted by atomic mass is 14.6. The van der Waals surface area contributed by atoms with Crippen molar-refractivity contribution in [1.29, 1.82) is 0 Å². The molecule has 2 atom stereocenters. The second kappa shape index (κ2) is 19.2. The molecule has 306 valence electrons. The van der Waals surface area contributed by atoms with E-state index >= 15 is 0 Å². The highest BCUT2D eigenvalue weighted by Crippen LogP contribution is 2.62. The smallest absolute Gasteiger partial charge is 0.0272 e. The number of rotatable bonds is 0. The minimum absolute atomic E-state index is 0. The number of hydrogen-bond acceptors (Lipinski definition) is 0. The van der Waals surface area contributed by atoms with Crippen molar-refractivity contribution in [3.8, 4) is 0 Å². The largest absolute Gasteiger partial charge is 0.0776 e. The van der Waals surface area contributed by atoms with Crippen LogP contribution in [0.1, 0.15) is 272 Å². The third-order valence-electron chi connectivity index (χ3n) is 18.6. The first-order valence-electron chi connectivity index (χ1n) is 22.5. The molecule has 7 saturated carbocycles. The van der Waals surface area contributed by atoms with E-state index in [-0.39, 0.29) is 14.9 Å². The molecule has 0 heterocycles. The predicted molar refractivity (Wildman–Crippen MR) is 235 cm³/mol. The first-order valence-corrected chi connectivity index (χ1v) is 22.5. The molecule has 0 saturated heterocycles. The summed E-state index contributed by atoms with van der Waals surface area (Å²) in [6.45, 7) is 34.0. The van der Waals surface area contributed by atoms with Crippen LogP contribution in [0.15, 0.2) is 0 Å². The Morgan fingerprint density at radius 2 is 0.588 bits per heavy atom. The summed E-state index contributed by atoms with van der Waals surface area (Å²) in [6.07, 6.45) is 36.9. The average Bonchev–Trinajstić information content (AvgIpc) is 3.74. The van der Waals surface area contributed by atoms with E-state index in [1.54, 1.807) is 0 Å². The van der Waals surface area contributed by atoms with E-state index in [1.807, 2.05) is 0 Å². The maximum absolute atomic E-state index is 2.55. The summed E-state index contributed by atoms with van der Waals surface area (Å²) >= 11 is 0. The topological polar surface area (TPSA) is 0 Å². The SMILES string of the molecule is C.C.CC(C)(C)C1(C)CCCC1.CC12CCCC1(C)CCC2.CC12CCCCC1(C)CCCC2.CC1CCCC1(C)C.CC1CCCCC1(C)C. The summed E-state index contributed by atoms with van der Waals surface area (Å²) in [5.74, 6) is 1.91. The van der Waals surface area contributed by atoms with E-state index < -0.39 is 0 Å². The molecule has 0 spiro atoms. The van der Waals surface area contributed by atoms with Crippen molar-refractivity contribution in [3.05, 3.63) is 0 Å². The van der Waals surface area contributed by atoms with Crippen LogP contribution >= 0.6 is 0 Å². The van der Waals surface area contributed by atoms with Crippen molar-refractivity contribution in [1.82, 2.24) is 0 Å². The van der Waals surface area contributed by atoms with Gasteiger partial charge in [-0.1, -0.05) is 195 Å². The van der Waals surface area contributed by atoms with E-state index in [0.29, 0.717) is 32.5 Å². The Kier molecular flexibility index (Phi) is 18.5. The lowest BCUT2D eigenvalue weighted by Crippen LogP contribution is -2.42. The molecule has 0 nitrogen and oxygen atoms in total. The lowest BCUT2D eigenvalue weighted by atomic mass is 9.52. The predicted octanol–water partition coefficient (Wildman–Crippen LogP) is 18.5. The normalized spacial score (nSPS) is 38.5. The fourth-order valence-electron chi connectivity index (χ4n) is 11.8. The Labute approximate surface area is 326 Å². The van der Waals surface area contributed by atoms with Crippen LogP contribution in [-0.4, -0.2) is 0 Å². The molecule has 51 heavy (non-hydrogen) atoms. The standard InChI is InChI=1S/C12H22.C10H18.C10H20.C9H18.C8H16.2CH4/c1-11-7-3-5-9-12(11,2)10-6-4-8-11;1-9-5-3-7-10(9,2)8-4-6-9;1-9(2,3)10(4)7-5-6-8-10;1-8-6-4-5-7-9(8,2)3;1-7-5-4-6-8(7,2)3;;/h3-10H2,1-2H3;3-8H2,1-2H3;5-8H2,1-4H3;8H,4-7H2,1-3H3;7H,4-6H2,1-3H3;2*1H4. The van der Waals surface area contributed by atoms with Crippen LogP contribution in [0.5, 0.6) is 0 Å². The third kappa shape index (κ3) is 12.2. The Balaban J connectivity index is 0.000000318. The highest BCUT2D eigenvalue weighted by Gasteiger charge is 2.51. The quantitative estimate of drug-likeness (QED) is 0.234. The van der Waals surface area contributed by atoms with E-state index in [2.05, 4.69) is 96.9 Å². The summed E-state index contributed by atoms with van der Waals surface area (Å²) in [7, 11) is 0. The van der Waals surface area contributed by atoms with Gasteiger partial charge in [0.1, 0.15) is 0 Å². The highest BCUT2D eigenvalue weighted by molar-refractivity contribution is 5.02. The number of hydrogen-bond donors (Lipinski definition) is 0. The van der Waals surface area contributed by atoms with E-state index in [0.717, 1.165) is 22.7 Å². The van der Waals surface area contributed by atoms with Crippen molar-refractivity contribution < 1.29 is 0 Å². The lowest BCUT2D eigenvalue weighted by molar-refractivity contribution is -0.0261. The second-order valence-electron chi connectivity index (χ2n) is 23.3.